The second-order valence-electron chi connectivity index (χ2n) is 4.72. The molecule has 22 heavy (non-hydrogen) atoms. The van der Waals surface area contributed by atoms with Gasteiger partial charge in [-0.2, -0.15) is 0 Å². The van der Waals surface area contributed by atoms with Gasteiger partial charge in [-0.15, -0.1) is 11.3 Å². The third-order valence-corrected chi connectivity index (χ3v) is 3.97. The summed E-state index contributed by atoms with van der Waals surface area (Å²) in [7, 11) is 0. The van der Waals surface area contributed by atoms with Crippen molar-refractivity contribution in [1.29, 1.82) is 0 Å². The summed E-state index contributed by atoms with van der Waals surface area (Å²) in [6.07, 6.45) is 7.24. The van der Waals surface area contributed by atoms with Crippen LogP contribution in [0.15, 0.2) is 48.1 Å². The quantitative estimate of drug-likeness (QED) is 0.738. The first-order valence-corrected chi connectivity index (χ1v) is 7.67. The van der Waals surface area contributed by atoms with Crippen LogP contribution in [0, 0.1) is 5.82 Å². The number of benzene rings is 1. The second kappa shape index (κ2) is 6.11. The molecule has 0 saturated heterocycles. The lowest BCUT2D eigenvalue weighted by molar-refractivity contribution is 0.102. The monoisotopic (exact) mass is 315 g/mol. The molecular formula is C16H14FN3OS. The van der Waals surface area contributed by atoms with Crippen LogP contribution < -0.4 is 5.32 Å². The molecule has 6 heteroatoms. The molecule has 2 aromatic heterocycles. The molecule has 0 aliphatic rings. The molecule has 0 aliphatic carbocycles. The van der Waals surface area contributed by atoms with Crippen LogP contribution in [-0.4, -0.2) is 15.5 Å². The highest BCUT2D eigenvalue weighted by Crippen LogP contribution is 2.24. The highest BCUT2D eigenvalue weighted by Gasteiger charge is 2.16. The molecule has 0 saturated carbocycles. The molecule has 1 aromatic carbocycles. The zero-order valence-corrected chi connectivity index (χ0v) is 12.7. The minimum Gasteiger partial charge on any atom is -0.343 e. The molecule has 0 radical (unpaired) electrons. The number of carbonyl (C=O) groups is 1. The van der Waals surface area contributed by atoms with Gasteiger partial charge in [0.1, 0.15) is 5.82 Å². The SMILES string of the molecule is CC=CCn1cc(C(=O)Nc2nccs2)c2ccc(F)cc21. The number of anilines is 1. The Morgan fingerprint density at radius 3 is 3.09 bits per heavy atom. The van der Waals surface area contributed by atoms with Gasteiger partial charge in [-0.25, -0.2) is 9.37 Å². The molecule has 0 bridgehead atoms. The highest BCUT2D eigenvalue weighted by atomic mass is 32.1. The molecule has 3 rings (SSSR count). The molecule has 1 amide bonds. The topological polar surface area (TPSA) is 46.9 Å². The summed E-state index contributed by atoms with van der Waals surface area (Å²) in [4.78, 5) is 16.5. The van der Waals surface area contributed by atoms with E-state index in [2.05, 4.69) is 10.3 Å². The van der Waals surface area contributed by atoms with Crippen LogP contribution >= 0.6 is 11.3 Å². The van der Waals surface area contributed by atoms with Crippen LogP contribution in [0.4, 0.5) is 9.52 Å². The molecule has 0 spiro atoms. The van der Waals surface area contributed by atoms with E-state index in [9.17, 15) is 9.18 Å². The van der Waals surface area contributed by atoms with Gasteiger partial charge in [-0.1, -0.05) is 12.2 Å². The minimum absolute atomic E-state index is 0.245. The lowest BCUT2D eigenvalue weighted by Gasteiger charge is -2.00. The molecule has 2 heterocycles. The lowest BCUT2D eigenvalue weighted by Crippen LogP contribution is -2.11. The standard InChI is InChI=1S/C16H14FN3OS/c1-2-3-7-20-10-13(12-5-4-11(17)9-14(12)20)15(21)19-16-18-6-8-22-16/h2-6,8-10H,7H2,1H3,(H,18,19,21). The zero-order valence-electron chi connectivity index (χ0n) is 11.9. The predicted octanol–water partition coefficient (Wildman–Crippen LogP) is 4.07. The van der Waals surface area contributed by atoms with Gasteiger partial charge in [0.2, 0.25) is 0 Å². The van der Waals surface area contributed by atoms with Gasteiger partial charge in [0.25, 0.3) is 5.91 Å². The Morgan fingerprint density at radius 2 is 2.36 bits per heavy atom. The summed E-state index contributed by atoms with van der Waals surface area (Å²) in [5.41, 5.74) is 1.21. The number of aromatic nitrogens is 2. The Balaban J connectivity index is 2.03. The summed E-state index contributed by atoms with van der Waals surface area (Å²) in [5.74, 6) is -0.565. The van der Waals surface area contributed by atoms with Gasteiger partial charge in [0, 0.05) is 29.7 Å². The van der Waals surface area contributed by atoms with Crippen molar-refractivity contribution in [3.8, 4) is 0 Å². The van der Waals surface area contributed by atoms with E-state index in [0.29, 0.717) is 22.8 Å². The van der Waals surface area contributed by atoms with E-state index in [1.807, 2.05) is 23.6 Å². The number of hydrogen-bond donors (Lipinski definition) is 1. The molecule has 112 valence electrons. The Morgan fingerprint density at radius 1 is 1.50 bits per heavy atom. The highest BCUT2D eigenvalue weighted by molar-refractivity contribution is 7.13. The zero-order chi connectivity index (χ0) is 15.5. The average molecular weight is 315 g/mol. The van der Waals surface area contributed by atoms with Crippen LogP contribution in [0.3, 0.4) is 0 Å². The number of nitrogens with zero attached hydrogens (tertiary/aromatic N) is 2. The van der Waals surface area contributed by atoms with Gasteiger partial charge in [0.05, 0.1) is 11.1 Å². The van der Waals surface area contributed by atoms with E-state index in [4.69, 9.17) is 0 Å². The van der Waals surface area contributed by atoms with Crippen LogP contribution in [0.5, 0.6) is 0 Å². The van der Waals surface area contributed by atoms with E-state index in [-0.39, 0.29) is 11.7 Å². The number of nitrogens with one attached hydrogen (secondary N) is 1. The lowest BCUT2D eigenvalue weighted by atomic mass is 10.1. The van der Waals surface area contributed by atoms with Crippen molar-refractivity contribution >= 4 is 33.3 Å². The summed E-state index contributed by atoms with van der Waals surface area (Å²) in [6, 6.07) is 4.44. The van der Waals surface area contributed by atoms with Crippen molar-refractivity contribution in [1.82, 2.24) is 9.55 Å². The number of thiazole rings is 1. The van der Waals surface area contributed by atoms with E-state index in [1.165, 1.54) is 23.5 Å². The third kappa shape index (κ3) is 2.78. The Labute approximate surface area is 130 Å². The summed E-state index contributed by atoms with van der Waals surface area (Å²) < 4.78 is 15.4. The van der Waals surface area contributed by atoms with Crippen molar-refractivity contribution in [3.63, 3.8) is 0 Å². The average Bonchev–Trinajstić information content (AvgIpc) is 3.12. The fourth-order valence-electron chi connectivity index (χ4n) is 2.27. The number of amides is 1. The maximum atomic E-state index is 13.5. The summed E-state index contributed by atoms with van der Waals surface area (Å²) >= 11 is 1.35. The largest absolute Gasteiger partial charge is 0.343 e. The molecule has 3 aromatic rings. The van der Waals surface area contributed by atoms with Gasteiger partial charge >= 0.3 is 0 Å². The van der Waals surface area contributed by atoms with Crippen LogP contribution in [0.2, 0.25) is 0 Å². The molecule has 0 atom stereocenters. The predicted molar refractivity (Wildman–Crippen MR) is 86.8 cm³/mol. The number of rotatable bonds is 4. The molecular weight excluding hydrogens is 301 g/mol. The van der Waals surface area contributed by atoms with Crippen molar-refractivity contribution < 1.29 is 9.18 Å². The Hall–Kier alpha value is -2.47. The summed E-state index contributed by atoms with van der Waals surface area (Å²) in [6.45, 7) is 2.50. The van der Waals surface area contributed by atoms with E-state index >= 15 is 0 Å². The fourth-order valence-corrected chi connectivity index (χ4v) is 2.79. The van der Waals surface area contributed by atoms with E-state index in [1.54, 1.807) is 23.8 Å². The maximum Gasteiger partial charge on any atom is 0.259 e. The fraction of sp³-hybridized carbons (Fsp3) is 0.125. The van der Waals surface area contributed by atoms with Crippen LogP contribution in [-0.2, 0) is 6.54 Å². The Bertz CT molecular complexity index is 837. The molecule has 0 unspecified atom stereocenters. The number of halogens is 1. The third-order valence-electron chi connectivity index (χ3n) is 3.28. The normalized spacial score (nSPS) is 11.4. The second-order valence-corrected chi connectivity index (χ2v) is 5.61. The van der Waals surface area contributed by atoms with E-state index < -0.39 is 0 Å². The number of fused-ring (bicyclic) bond motifs is 1. The molecule has 4 nitrogen and oxygen atoms in total. The first kappa shape index (κ1) is 14.5. The summed E-state index contributed by atoms with van der Waals surface area (Å²) in [5, 5.41) is 5.81. The molecule has 0 fully saturated rings. The maximum absolute atomic E-state index is 13.5. The van der Waals surface area contributed by atoms with E-state index in [0.717, 1.165) is 5.39 Å². The molecule has 0 aliphatic heterocycles. The smallest absolute Gasteiger partial charge is 0.259 e. The van der Waals surface area contributed by atoms with Crippen molar-refractivity contribution in [2.24, 2.45) is 0 Å². The van der Waals surface area contributed by atoms with Crippen LogP contribution in [0.25, 0.3) is 10.9 Å². The van der Waals surface area contributed by atoms with Crippen molar-refractivity contribution in [2.45, 2.75) is 13.5 Å². The van der Waals surface area contributed by atoms with Gasteiger partial charge < -0.3 is 4.57 Å². The minimum atomic E-state index is -0.320. The van der Waals surface area contributed by atoms with Crippen molar-refractivity contribution in [2.75, 3.05) is 5.32 Å². The van der Waals surface area contributed by atoms with Gasteiger partial charge in [0.15, 0.2) is 5.13 Å². The first-order chi connectivity index (χ1) is 10.7. The Kier molecular flexibility index (Phi) is 4.02. The van der Waals surface area contributed by atoms with Crippen LogP contribution in [0.1, 0.15) is 17.3 Å². The van der Waals surface area contributed by atoms with Gasteiger partial charge in [-0.05, 0) is 25.1 Å². The number of allylic oxidation sites excluding steroid dienone is 2. The first-order valence-electron chi connectivity index (χ1n) is 6.79. The van der Waals surface area contributed by atoms with Gasteiger partial charge in [-0.3, -0.25) is 10.1 Å². The van der Waals surface area contributed by atoms with Crippen molar-refractivity contribution in [3.05, 3.63) is 59.5 Å². The number of carbonyl (C=O) groups excluding carboxylic acids is 1. The molecule has 1 N–H and O–H groups in total. The number of hydrogen-bond acceptors (Lipinski definition) is 3.